The van der Waals surface area contributed by atoms with E-state index < -0.39 is 0 Å². The maximum Gasteiger partial charge on any atom is 0.192 e. The van der Waals surface area contributed by atoms with E-state index in [0.717, 1.165) is 16.8 Å². The number of pyridine rings is 1. The molecule has 3 heteroatoms. The van der Waals surface area contributed by atoms with E-state index in [4.69, 9.17) is 0 Å². The molecule has 2 nitrogen and oxygen atoms in total. The molecule has 3 aromatic rings. The van der Waals surface area contributed by atoms with Crippen LogP contribution in [0, 0.1) is 12.7 Å². The third kappa shape index (κ3) is 1.83. The third-order valence-electron chi connectivity index (χ3n) is 3.66. The van der Waals surface area contributed by atoms with Gasteiger partial charge in [-0.2, -0.15) is 0 Å². The summed E-state index contributed by atoms with van der Waals surface area (Å²) in [6, 6.07) is 13.7. The molecule has 0 aliphatic rings. The Bertz CT molecular complexity index is 847. The Morgan fingerprint density at radius 1 is 1.00 bits per heavy atom. The number of fused-ring (bicyclic) bond motifs is 1. The summed E-state index contributed by atoms with van der Waals surface area (Å²) in [5.74, 6) is -0.280. The maximum absolute atomic E-state index is 13.1. The highest BCUT2D eigenvalue weighted by molar-refractivity contribution is 5.84. The van der Waals surface area contributed by atoms with E-state index in [1.54, 1.807) is 12.1 Å². The van der Waals surface area contributed by atoms with E-state index in [9.17, 15) is 9.18 Å². The predicted molar refractivity (Wildman–Crippen MR) is 79.3 cm³/mol. The average Bonchev–Trinajstić information content (AvgIpc) is 2.47. The molecule has 100 valence electrons. The molecule has 0 aliphatic carbocycles. The van der Waals surface area contributed by atoms with Crippen molar-refractivity contribution in [3.8, 4) is 11.3 Å². The highest BCUT2D eigenvalue weighted by atomic mass is 19.1. The van der Waals surface area contributed by atoms with Crippen molar-refractivity contribution < 1.29 is 4.39 Å². The second kappa shape index (κ2) is 4.60. The molecule has 1 heterocycles. The number of hydrogen-bond donors (Lipinski definition) is 0. The summed E-state index contributed by atoms with van der Waals surface area (Å²) in [6.45, 7) is 1.81. The monoisotopic (exact) mass is 267 g/mol. The van der Waals surface area contributed by atoms with Crippen molar-refractivity contribution in [1.82, 2.24) is 4.57 Å². The van der Waals surface area contributed by atoms with Gasteiger partial charge in [0.1, 0.15) is 5.82 Å². The van der Waals surface area contributed by atoms with Crippen LogP contribution in [0.3, 0.4) is 0 Å². The molecule has 0 saturated carbocycles. The first-order valence-electron chi connectivity index (χ1n) is 6.44. The zero-order valence-corrected chi connectivity index (χ0v) is 11.4. The lowest BCUT2D eigenvalue weighted by molar-refractivity contribution is 0.628. The minimum Gasteiger partial charge on any atom is -0.343 e. The van der Waals surface area contributed by atoms with Crippen molar-refractivity contribution in [2.75, 3.05) is 0 Å². The van der Waals surface area contributed by atoms with Crippen LogP contribution in [0.1, 0.15) is 5.56 Å². The molecule has 0 unspecified atom stereocenters. The van der Waals surface area contributed by atoms with Crippen molar-refractivity contribution in [3.63, 3.8) is 0 Å². The van der Waals surface area contributed by atoms with Gasteiger partial charge in [0.05, 0.1) is 11.2 Å². The molecular weight excluding hydrogens is 253 g/mol. The zero-order valence-electron chi connectivity index (χ0n) is 11.4. The normalized spacial score (nSPS) is 10.9. The van der Waals surface area contributed by atoms with Crippen LogP contribution in [0.25, 0.3) is 22.2 Å². The summed E-state index contributed by atoms with van der Waals surface area (Å²) in [4.78, 5) is 12.5. The third-order valence-corrected chi connectivity index (χ3v) is 3.66. The van der Waals surface area contributed by atoms with Crippen LogP contribution in [0.5, 0.6) is 0 Å². The minimum absolute atomic E-state index is 0.0259. The van der Waals surface area contributed by atoms with Gasteiger partial charge in [-0.3, -0.25) is 4.79 Å². The summed E-state index contributed by atoms with van der Waals surface area (Å²) in [5.41, 5.74) is 3.25. The fourth-order valence-electron chi connectivity index (χ4n) is 2.66. The molecule has 3 rings (SSSR count). The summed E-state index contributed by atoms with van der Waals surface area (Å²) >= 11 is 0. The summed E-state index contributed by atoms with van der Waals surface area (Å²) in [6.07, 6.45) is 0. The summed E-state index contributed by atoms with van der Waals surface area (Å²) in [5, 5.41) is 0.707. The van der Waals surface area contributed by atoms with Crippen LogP contribution >= 0.6 is 0 Å². The van der Waals surface area contributed by atoms with Gasteiger partial charge >= 0.3 is 0 Å². The molecule has 0 N–H and O–H groups in total. The van der Waals surface area contributed by atoms with Gasteiger partial charge in [0, 0.05) is 18.0 Å². The highest BCUT2D eigenvalue weighted by Gasteiger charge is 2.13. The van der Waals surface area contributed by atoms with Crippen molar-refractivity contribution in [2.45, 2.75) is 6.92 Å². The van der Waals surface area contributed by atoms with Crippen molar-refractivity contribution in [3.05, 3.63) is 70.1 Å². The number of aromatic nitrogens is 1. The first-order chi connectivity index (χ1) is 9.59. The molecular formula is C17H14FNO. The van der Waals surface area contributed by atoms with Crippen LogP contribution in [-0.2, 0) is 7.05 Å². The van der Waals surface area contributed by atoms with Gasteiger partial charge in [0.25, 0.3) is 0 Å². The van der Waals surface area contributed by atoms with E-state index in [1.165, 1.54) is 12.1 Å². The molecule has 0 saturated heterocycles. The molecule has 0 spiro atoms. The molecule has 1 aromatic heterocycles. The minimum atomic E-state index is -0.280. The summed E-state index contributed by atoms with van der Waals surface area (Å²) in [7, 11) is 1.92. The Hall–Kier alpha value is -2.42. The van der Waals surface area contributed by atoms with Crippen molar-refractivity contribution in [1.29, 1.82) is 0 Å². The quantitative estimate of drug-likeness (QED) is 0.659. The van der Waals surface area contributed by atoms with Crippen LogP contribution in [0.2, 0.25) is 0 Å². The van der Waals surface area contributed by atoms with Crippen LogP contribution < -0.4 is 5.43 Å². The van der Waals surface area contributed by atoms with E-state index in [2.05, 4.69) is 0 Å². The Morgan fingerprint density at radius 2 is 1.65 bits per heavy atom. The second-order valence-corrected chi connectivity index (χ2v) is 4.89. The summed E-state index contributed by atoms with van der Waals surface area (Å²) < 4.78 is 15.1. The van der Waals surface area contributed by atoms with Gasteiger partial charge in [-0.25, -0.2) is 4.39 Å². The Balaban J connectivity index is 2.42. The molecule has 0 bridgehead atoms. The largest absolute Gasteiger partial charge is 0.343 e. The van der Waals surface area contributed by atoms with E-state index >= 15 is 0 Å². The van der Waals surface area contributed by atoms with Gasteiger partial charge in [-0.15, -0.1) is 0 Å². The first kappa shape index (κ1) is 12.6. The average molecular weight is 267 g/mol. The van der Waals surface area contributed by atoms with Crippen LogP contribution in [0.15, 0.2) is 53.3 Å². The number of benzene rings is 2. The molecule has 0 atom stereocenters. The Kier molecular flexibility index (Phi) is 2.90. The van der Waals surface area contributed by atoms with Crippen LogP contribution in [0.4, 0.5) is 4.39 Å². The smallest absolute Gasteiger partial charge is 0.192 e. The topological polar surface area (TPSA) is 22.0 Å². The van der Waals surface area contributed by atoms with Gasteiger partial charge < -0.3 is 4.57 Å². The number of aryl methyl sites for hydroxylation is 1. The van der Waals surface area contributed by atoms with Crippen molar-refractivity contribution >= 4 is 10.9 Å². The number of para-hydroxylation sites is 1. The Labute approximate surface area is 116 Å². The molecule has 0 amide bonds. The van der Waals surface area contributed by atoms with E-state index in [1.807, 2.05) is 42.8 Å². The lowest BCUT2D eigenvalue weighted by atomic mass is 10.0. The maximum atomic E-state index is 13.1. The molecule has 20 heavy (non-hydrogen) atoms. The standard InChI is InChI=1S/C17H14FNO/c1-11-16(12-7-9-13(18)10-8-12)19(2)15-6-4-3-5-14(15)17(11)20/h3-10H,1-2H3. The lowest BCUT2D eigenvalue weighted by Gasteiger charge is -2.15. The van der Waals surface area contributed by atoms with E-state index in [0.29, 0.717) is 10.9 Å². The van der Waals surface area contributed by atoms with Crippen LogP contribution in [-0.4, -0.2) is 4.57 Å². The molecule has 0 fully saturated rings. The number of rotatable bonds is 1. The second-order valence-electron chi connectivity index (χ2n) is 4.89. The molecule has 2 aromatic carbocycles. The predicted octanol–water partition coefficient (Wildman–Crippen LogP) is 3.65. The van der Waals surface area contributed by atoms with Gasteiger partial charge in [0.2, 0.25) is 0 Å². The number of hydrogen-bond acceptors (Lipinski definition) is 1. The zero-order chi connectivity index (χ0) is 14.3. The van der Waals surface area contributed by atoms with Gasteiger partial charge in [-0.1, -0.05) is 12.1 Å². The SMILES string of the molecule is Cc1c(-c2ccc(F)cc2)n(C)c2ccccc2c1=O. The number of halogens is 1. The highest BCUT2D eigenvalue weighted by Crippen LogP contribution is 2.25. The number of nitrogens with zero attached hydrogens (tertiary/aromatic N) is 1. The van der Waals surface area contributed by atoms with E-state index in [-0.39, 0.29) is 11.2 Å². The lowest BCUT2D eigenvalue weighted by Crippen LogP contribution is -2.14. The first-order valence-corrected chi connectivity index (χ1v) is 6.44. The van der Waals surface area contributed by atoms with Gasteiger partial charge in [-0.05, 0) is 48.9 Å². The Morgan fingerprint density at radius 3 is 2.35 bits per heavy atom. The molecule has 0 radical (unpaired) electrons. The fraction of sp³-hybridized carbons (Fsp3) is 0.118. The molecule has 0 aliphatic heterocycles. The fourth-order valence-corrected chi connectivity index (χ4v) is 2.66. The van der Waals surface area contributed by atoms with Crippen molar-refractivity contribution in [2.24, 2.45) is 7.05 Å². The van der Waals surface area contributed by atoms with Gasteiger partial charge in [0.15, 0.2) is 5.43 Å².